The number of nitrogens with zero attached hydrogens (tertiary/aromatic N) is 5. The molecule has 8 nitrogen and oxygen atoms in total. The highest BCUT2D eigenvalue weighted by molar-refractivity contribution is 7.99. The summed E-state index contributed by atoms with van der Waals surface area (Å²) in [6, 6.07) is 5.71. The topological polar surface area (TPSA) is 94.7 Å². The van der Waals surface area contributed by atoms with Crippen molar-refractivity contribution >= 4 is 35.0 Å². The van der Waals surface area contributed by atoms with Crippen molar-refractivity contribution in [3.63, 3.8) is 0 Å². The molecule has 2 aliphatic heterocycles. The number of halogens is 1. The molecule has 0 aliphatic carbocycles. The number of piperidine rings is 1. The first kappa shape index (κ1) is 21.2. The highest BCUT2D eigenvalue weighted by Gasteiger charge is 2.44. The summed E-state index contributed by atoms with van der Waals surface area (Å²) < 4.78 is 11.0. The van der Waals surface area contributed by atoms with Crippen molar-refractivity contribution < 1.29 is 9.15 Å². The van der Waals surface area contributed by atoms with E-state index < -0.39 is 0 Å². The van der Waals surface area contributed by atoms with Crippen LogP contribution in [-0.4, -0.2) is 47.3 Å². The molecule has 2 saturated heterocycles. The van der Waals surface area contributed by atoms with Crippen LogP contribution in [0.2, 0.25) is 5.02 Å². The molecule has 2 fully saturated rings. The molecule has 0 bridgehead atoms. The molecule has 4 heterocycles. The minimum Gasteiger partial charge on any atom is -0.439 e. The number of nitrogens with two attached hydrogens (primary N) is 1. The molecule has 0 saturated carbocycles. The van der Waals surface area contributed by atoms with Gasteiger partial charge in [-0.25, -0.2) is 9.97 Å². The summed E-state index contributed by atoms with van der Waals surface area (Å²) in [7, 11) is 0. The van der Waals surface area contributed by atoms with Gasteiger partial charge in [0.25, 0.3) is 0 Å². The zero-order valence-corrected chi connectivity index (χ0v) is 18.8. The molecule has 2 N–H and O–H groups in total. The summed E-state index contributed by atoms with van der Waals surface area (Å²) >= 11 is 8.01. The van der Waals surface area contributed by atoms with Crippen molar-refractivity contribution in [1.29, 1.82) is 0 Å². The Hall–Kier alpha value is -2.64. The van der Waals surface area contributed by atoms with E-state index in [9.17, 15) is 0 Å². The van der Waals surface area contributed by atoms with Crippen LogP contribution in [0.3, 0.4) is 0 Å². The minimum absolute atomic E-state index is 0.111. The van der Waals surface area contributed by atoms with E-state index in [-0.39, 0.29) is 17.3 Å². The number of aromatic nitrogens is 3. The molecular formula is C22H21ClN6O2S. The lowest BCUT2D eigenvalue weighted by Crippen LogP contribution is -2.49. The van der Waals surface area contributed by atoms with Gasteiger partial charge in [0.1, 0.15) is 17.1 Å². The predicted molar refractivity (Wildman–Crippen MR) is 122 cm³/mol. The maximum Gasteiger partial charge on any atom is 0.322 e. The van der Waals surface area contributed by atoms with E-state index in [4.69, 9.17) is 33.1 Å². The van der Waals surface area contributed by atoms with Crippen molar-refractivity contribution in [3.05, 3.63) is 53.3 Å². The summed E-state index contributed by atoms with van der Waals surface area (Å²) in [6.45, 7) is 10.3. The van der Waals surface area contributed by atoms with E-state index in [1.165, 1.54) is 18.0 Å². The van der Waals surface area contributed by atoms with Crippen LogP contribution in [0.5, 0.6) is 0 Å². The summed E-state index contributed by atoms with van der Waals surface area (Å²) in [6.07, 6.45) is 6.90. The molecule has 32 heavy (non-hydrogen) atoms. The highest BCUT2D eigenvalue weighted by atomic mass is 35.5. The van der Waals surface area contributed by atoms with E-state index in [1.54, 1.807) is 12.4 Å². The zero-order valence-electron chi connectivity index (χ0n) is 17.2. The summed E-state index contributed by atoms with van der Waals surface area (Å²) in [5.41, 5.74) is 7.03. The lowest BCUT2D eigenvalue weighted by Gasteiger charge is -2.41. The third-order valence-electron chi connectivity index (χ3n) is 6.19. The number of hydrogen-bond acceptors (Lipinski definition) is 8. The van der Waals surface area contributed by atoms with Gasteiger partial charge >= 0.3 is 11.7 Å². The van der Waals surface area contributed by atoms with Crippen LogP contribution in [0.25, 0.3) is 16.3 Å². The maximum atomic E-state index is 7.04. The van der Waals surface area contributed by atoms with E-state index >= 15 is 0 Å². The molecule has 10 heteroatoms. The fraction of sp³-hybridized carbons (Fsp3) is 0.364. The largest absolute Gasteiger partial charge is 0.439 e. The Morgan fingerprint density at radius 1 is 1.25 bits per heavy atom. The van der Waals surface area contributed by atoms with E-state index in [0.29, 0.717) is 23.1 Å². The normalized spacial score (nSPS) is 19.9. The minimum atomic E-state index is 0.111. The molecule has 0 amide bonds. The quantitative estimate of drug-likeness (QED) is 0.562. The average molecular weight is 469 g/mol. The summed E-state index contributed by atoms with van der Waals surface area (Å²) in [4.78, 5) is 19.7. The number of hydrogen-bond donors (Lipinski definition) is 1. The highest BCUT2D eigenvalue weighted by Crippen LogP contribution is 2.40. The fourth-order valence-electron chi connectivity index (χ4n) is 4.20. The number of ether oxygens (including phenoxy) is 1. The van der Waals surface area contributed by atoms with Crippen LogP contribution < -0.4 is 10.6 Å². The third kappa shape index (κ3) is 3.95. The number of benzene rings is 1. The molecule has 164 valence electrons. The summed E-state index contributed by atoms with van der Waals surface area (Å²) in [5, 5.41) is 1.24. The van der Waals surface area contributed by atoms with Crippen LogP contribution >= 0.6 is 23.4 Å². The fourth-order valence-corrected chi connectivity index (χ4v) is 5.31. The lowest BCUT2D eigenvalue weighted by molar-refractivity contribution is 0.131. The molecule has 0 radical (unpaired) electrons. The van der Waals surface area contributed by atoms with Gasteiger partial charge in [-0.2, -0.15) is 0 Å². The Morgan fingerprint density at radius 3 is 2.75 bits per heavy atom. The van der Waals surface area contributed by atoms with E-state index in [1.807, 2.05) is 18.2 Å². The van der Waals surface area contributed by atoms with Gasteiger partial charge in [0.2, 0.25) is 0 Å². The Balaban J connectivity index is 1.27. The third-order valence-corrected chi connectivity index (χ3v) is 7.69. The van der Waals surface area contributed by atoms with Crippen molar-refractivity contribution in [1.82, 2.24) is 15.0 Å². The van der Waals surface area contributed by atoms with Crippen LogP contribution in [0.15, 0.2) is 51.2 Å². The molecule has 2 aliphatic rings. The van der Waals surface area contributed by atoms with Gasteiger partial charge in [-0.3, -0.25) is 0 Å². The smallest absolute Gasteiger partial charge is 0.322 e. The first-order valence-corrected chi connectivity index (χ1v) is 11.5. The molecular weight excluding hydrogens is 448 g/mol. The van der Waals surface area contributed by atoms with Crippen LogP contribution in [0, 0.1) is 12.0 Å². The van der Waals surface area contributed by atoms with Crippen LogP contribution in [-0.2, 0) is 4.74 Å². The maximum absolute atomic E-state index is 7.04. The molecule has 5 rings (SSSR count). The molecule has 1 spiro atoms. The van der Waals surface area contributed by atoms with Gasteiger partial charge < -0.3 is 24.6 Å². The Labute approximate surface area is 195 Å². The molecule has 0 unspecified atom stereocenters. The van der Waals surface area contributed by atoms with Gasteiger partial charge in [0.05, 0.1) is 36.2 Å². The molecule has 2 aromatic heterocycles. The Morgan fingerprint density at radius 2 is 2.09 bits per heavy atom. The van der Waals surface area contributed by atoms with Crippen LogP contribution in [0.4, 0.5) is 11.6 Å². The zero-order chi connectivity index (χ0) is 22.1. The molecule has 3 aromatic rings. The SMILES string of the molecule is [C-]#[N+]c1coc(-c2cccc(Sc3cnc(N4CCC5(CC4)COC[C@H]5N)cn3)c2Cl)n1. The van der Waals surface area contributed by atoms with Crippen molar-refractivity contribution in [2.75, 3.05) is 31.2 Å². The predicted octanol–water partition coefficient (Wildman–Crippen LogP) is 4.43. The first-order valence-electron chi connectivity index (χ1n) is 10.3. The van der Waals surface area contributed by atoms with Crippen molar-refractivity contribution in [2.45, 2.75) is 28.8 Å². The molecule has 1 aromatic carbocycles. The van der Waals surface area contributed by atoms with E-state index in [0.717, 1.165) is 48.3 Å². The van der Waals surface area contributed by atoms with Crippen molar-refractivity contribution in [2.24, 2.45) is 11.1 Å². The number of oxazole rings is 1. The summed E-state index contributed by atoms with van der Waals surface area (Å²) in [5.74, 6) is 1.38. The van der Waals surface area contributed by atoms with Gasteiger partial charge in [-0.15, -0.1) is 0 Å². The van der Waals surface area contributed by atoms with Gasteiger partial charge in [0.15, 0.2) is 0 Å². The number of rotatable bonds is 4. The first-order chi connectivity index (χ1) is 15.6. The number of anilines is 1. The van der Waals surface area contributed by atoms with Crippen molar-refractivity contribution in [3.8, 4) is 11.5 Å². The second-order valence-electron chi connectivity index (χ2n) is 8.03. The van der Waals surface area contributed by atoms with Gasteiger partial charge in [-0.1, -0.05) is 41.0 Å². The van der Waals surface area contributed by atoms with Gasteiger partial charge in [0, 0.05) is 29.4 Å². The van der Waals surface area contributed by atoms with Gasteiger partial charge in [-0.05, 0) is 25.0 Å². The monoisotopic (exact) mass is 468 g/mol. The Bertz CT molecular complexity index is 1150. The lowest BCUT2D eigenvalue weighted by atomic mass is 9.75. The second-order valence-corrected chi connectivity index (χ2v) is 9.47. The average Bonchev–Trinajstić information content (AvgIpc) is 3.43. The Kier molecular flexibility index (Phi) is 5.78. The standard InChI is InChI=1S/C22H21ClN6O2S/c1-25-17-12-31-21(28-17)14-3-2-4-15(20(14)23)32-19-10-26-18(9-27-19)29-7-5-22(6-8-29)13-30-11-16(22)24/h2-4,9-10,12,16H,5-8,11,13,24H2/t16-/m1/s1. The van der Waals surface area contributed by atoms with Crippen LogP contribution in [0.1, 0.15) is 12.8 Å². The molecule has 1 atom stereocenters. The van der Waals surface area contributed by atoms with E-state index in [2.05, 4.69) is 24.7 Å². The second kappa shape index (κ2) is 8.71.